The molecule has 0 fully saturated rings. The van der Waals surface area contributed by atoms with Gasteiger partial charge in [-0.2, -0.15) is 0 Å². The smallest absolute Gasteiger partial charge is 0.150 e. The lowest BCUT2D eigenvalue weighted by Crippen LogP contribution is -2.28. The Labute approximate surface area is 95.2 Å². The molecule has 0 saturated heterocycles. The Balaban J connectivity index is 2.61. The van der Waals surface area contributed by atoms with E-state index in [1.54, 1.807) is 6.20 Å². The fraction of sp³-hybridized carbons (Fsp3) is 0.600. The number of rotatable bonds is 6. The number of anilines is 1. The lowest BCUT2D eigenvalue weighted by molar-refractivity contribution is 0.154. The van der Waals surface area contributed by atoms with Gasteiger partial charge in [-0.3, -0.25) is 0 Å². The van der Waals surface area contributed by atoms with E-state index < -0.39 is 0 Å². The maximum atomic E-state index is 6.00. The van der Waals surface area contributed by atoms with Crippen LogP contribution < -0.4 is 4.90 Å². The Kier molecular flexibility index (Phi) is 5.36. The van der Waals surface area contributed by atoms with Gasteiger partial charge < -0.3 is 9.64 Å². The lowest BCUT2D eigenvalue weighted by atomic mass is 10.4. The highest BCUT2D eigenvalue weighted by molar-refractivity contribution is 6.32. The SMILES string of the molecule is CCOCCN(CC)c1ncncc1Cl. The first-order valence-corrected chi connectivity index (χ1v) is 5.45. The van der Waals surface area contributed by atoms with Crippen LogP contribution in [0.15, 0.2) is 12.5 Å². The van der Waals surface area contributed by atoms with Gasteiger partial charge in [0, 0.05) is 19.7 Å². The van der Waals surface area contributed by atoms with Crippen molar-refractivity contribution < 1.29 is 4.74 Å². The van der Waals surface area contributed by atoms with Crippen molar-refractivity contribution in [3.05, 3.63) is 17.5 Å². The average Bonchev–Trinajstić information content (AvgIpc) is 2.26. The van der Waals surface area contributed by atoms with Crippen LogP contribution in [0.1, 0.15) is 13.8 Å². The third-order valence-electron chi connectivity index (χ3n) is 2.04. The molecule has 5 heteroatoms. The minimum absolute atomic E-state index is 0.579. The summed E-state index contributed by atoms with van der Waals surface area (Å²) < 4.78 is 5.30. The Morgan fingerprint density at radius 3 is 2.87 bits per heavy atom. The number of hydrogen-bond acceptors (Lipinski definition) is 4. The highest BCUT2D eigenvalue weighted by Crippen LogP contribution is 2.20. The number of halogens is 1. The average molecular weight is 230 g/mol. The first kappa shape index (κ1) is 12.2. The molecule has 1 aromatic heterocycles. The second-order valence-electron chi connectivity index (χ2n) is 2.97. The van der Waals surface area contributed by atoms with Crippen molar-refractivity contribution in [1.82, 2.24) is 9.97 Å². The molecule has 84 valence electrons. The van der Waals surface area contributed by atoms with Gasteiger partial charge in [-0.1, -0.05) is 11.6 Å². The van der Waals surface area contributed by atoms with Crippen LogP contribution in [-0.2, 0) is 4.74 Å². The Morgan fingerprint density at radius 2 is 2.27 bits per heavy atom. The van der Waals surface area contributed by atoms with Crippen LogP contribution in [0, 0.1) is 0 Å². The molecular formula is C10H16ClN3O. The fourth-order valence-corrected chi connectivity index (χ4v) is 1.50. The highest BCUT2D eigenvalue weighted by atomic mass is 35.5. The van der Waals surface area contributed by atoms with Gasteiger partial charge in [0.1, 0.15) is 11.3 Å². The van der Waals surface area contributed by atoms with Crippen molar-refractivity contribution in [1.29, 1.82) is 0 Å². The molecule has 0 N–H and O–H groups in total. The van der Waals surface area contributed by atoms with Crippen molar-refractivity contribution in [2.24, 2.45) is 0 Å². The molecule has 1 aromatic rings. The molecule has 0 aliphatic rings. The van der Waals surface area contributed by atoms with E-state index in [0.717, 1.165) is 25.5 Å². The predicted octanol–water partition coefficient (Wildman–Crippen LogP) is 1.99. The van der Waals surface area contributed by atoms with Crippen molar-refractivity contribution in [2.75, 3.05) is 31.2 Å². The molecule has 1 heterocycles. The Bertz CT molecular complexity index is 296. The summed E-state index contributed by atoms with van der Waals surface area (Å²) in [6.07, 6.45) is 3.11. The van der Waals surface area contributed by atoms with Crippen molar-refractivity contribution in [3.8, 4) is 0 Å². The summed E-state index contributed by atoms with van der Waals surface area (Å²) in [7, 11) is 0. The van der Waals surface area contributed by atoms with Crippen molar-refractivity contribution >= 4 is 17.4 Å². The summed E-state index contributed by atoms with van der Waals surface area (Å²) >= 11 is 6.00. The minimum Gasteiger partial charge on any atom is -0.380 e. The zero-order valence-corrected chi connectivity index (χ0v) is 9.87. The first-order chi connectivity index (χ1) is 7.29. The second-order valence-corrected chi connectivity index (χ2v) is 3.38. The lowest BCUT2D eigenvalue weighted by Gasteiger charge is -2.22. The third-order valence-corrected chi connectivity index (χ3v) is 2.31. The van der Waals surface area contributed by atoms with E-state index in [1.165, 1.54) is 6.33 Å². The molecule has 0 amide bonds. The molecule has 4 nitrogen and oxygen atoms in total. The molecule has 0 saturated carbocycles. The van der Waals surface area contributed by atoms with Crippen LogP contribution >= 0.6 is 11.6 Å². The van der Waals surface area contributed by atoms with E-state index in [9.17, 15) is 0 Å². The molecule has 0 spiro atoms. The summed E-state index contributed by atoms with van der Waals surface area (Å²) in [6.45, 7) is 7.10. The van der Waals surface area contributed by atoms with E-state index in [1.807, 2.05) is 6.92 Å². The highest BCUT2D eigenvalue weighted by Gasteiger charge is 2.09. The molecule has 0 unspecified atom stereocenters. The number of aromatic nitrogens is 2. The van der Waals surface area contributed by atoms with Crippen LogP contribution in [0.3, 0.4) is 0 Å². The molecule has 0 aliphatic carbocycles. The van der Waals surface area contributed by atoms with Crippen LogP contribution in [-0.4, -0.2) is 36.3 Å². The normalized spacial score (nSPS) is 10.3. The van der Waals surface area contributed by atoms with E-state index in [4.69, 9.17) is 16.3 Å². The Morgan fingerprint density at radius 1 is 1.47 bits per heavy atom. The summed E-state index contributed by atoms with van der Waals surface area (Å²) in [5, 5.41) is 0.579. The predicted molar refractivity (Wildman–Crippen MR) is 61.4 cm³/mol. The molecule has 0 radical (unpaired) electrons. The summed E-state index contributed by atoms with van der Waals surface area (Å²) in [4.78, 5) is 10.1. The van der Waals surface area contributed by atoms with E-state index in [-0.39, 0.29) is 0 Å². The number of hydrogen-bond donors (Lipinski definition) is 0. The maximum absolute atomic E-state index is 6.00. The van der Waals surface area contributed by atoms with Gasteiger partial charge in [-0.25, -0.2) is 9.97 Å². The third kappa shape index (κ3) is 3.64. The number of nitrogens with zero attached hydrogens (tertiary/aromatic N) is 3. The monoisotopic (exact) mass is 229 g/mol. The number of ether oxygens (including phenoxy) is 1. The largest absolute Gasteiger partial charge is 0.380 e. The summed E-state index contributed by atoms with van der Waals surface area (Å²) in [5.74, 6) is 0.772. The van der Waals surface area contributed by atoms with Gasteiger partial charge in [-0.15, -0.1) is 0 Å². The van der Waals surface area contributed by atoms with Gasteiger partial charge in [0.25, 0.3) is 0 Å². The van der Waals surface area contributed by atoms with Crippen LogP contribution in [0.25, 0.3) is 0 Å². The van der Waals surface area contributed by atoms with Crippen molar-refractivity contribution in [2.45, 2.75) is 13.8 Å². The van der Waals surface area contributed by atoms with Crippen LogP contribution in [0.4, 0.5) is 5.82 Å². The van der Waals surface area contributed by atoms with E-state index in [0.29, 0.717) is 11.6 Å². The summed E-state index contributed by atoms with van der Waals surface area (Å²) in [5.41, 5.74) is 0. The summed E-state index contributed by atoms with van der Waals surface area (Å²) in [6, 6.07) is 0. The van der Waals surface area contributed by atoms with Gasteiger partial charge in [0.05, 0.1) is 12.8 Å². The quantitative estimate of drug-likeness (QED) is 0.700. The molecule has 0 atom stereocenters. The van der Waals surface area contributed by atoms with Gasteiger partial charge in [-0.05, 0) is 13.8 Å². The standard InChI is InChI=1S/C10H16ClN3O/c1-3-14(5-6-15-4-2)10-9(11)7-12-8-13-10/h7-8H,3-6H2,1-2H3. The maximum Gasteiger partial charge on any atom is 0.150 e. The van der Waals surface area contributed by atoms with Gasteiger partial charge in [0.15, 0.2) is 5.82 Å². The van der Waals surface area contributed by atoms with Crippen LogP contribution in [0.5, 0.6) is 0 Å². The molecular weight excluding hydrogens is 214 g/mol. The molecule has 1 rings (SSSR count). The fourth-order valence-electron chi connectivity index (χ4n) is 1.27. The zero-order valence-electron chi connectivity index (χ0n) is 9.11. The molecule has 0 bridgehead atoms. The first-order valence-electron chi connectivity index (χ1n) is 5.07. The minimum atomic E-state index is 0.579. The zero-order chi connectivity index (χ0) is 11.1. The molecule has 0 aromatic carbocycles. The van der Waals surface area contributed by atoms with Gasteiger partial charge in [0.2, 0.25) is 0 Å². The van der Waals surface area contributed by atoms with Crippen molar-refractivity contribution in [3.63, 3.8) is 0 Å². The Hall–Kier alpha value is -0.870. The van der Waals surface area contributed by atoms with E-state index in [2.05, 4.69) is 21.8 Å². The van der Waals surface area contributed by atoms with Crippen LogP contribution in [0.2, 0.25) is 5.02 Å². The second kappa shape index (κ2) is 6.58. The topological polar surface area (TPSA) is 38.2 Å². The number of likely N-dealkylation sites (N-methyl/N-ethyl adjacent to an activating group) is 1. The molecule has 0 aliphatic heterocycles. The molecule has 15 heavy (non-hydrogen) atoms. The van der Waals surface area contributed by atoms with E-state index >= 15 is 0 Å². The van der Waals surface area contributed by atoms with Gasteiger partial charge >= 0.3 is 0 Å².